The van der Waals surface area contributed by atoms with Crippen molar-refractivity contribution < 1.29 is 8.42 Å². The first-order valence-corrected chi connectivity index (χ1v) is 15.7. The summed E-state index contributed by atoms with van der Waals surface area (Å²) in [5.74, 6) is 2.21. The highest BCUT2D eigenvalue weighted by Gasteiger charge is 2.30. The lowest BCUT2D eigenvalue weighted by Crippen LogP contribution is -2.34. The van der Waals surface area contributed by atoms with Gasteiger partial charge in [-0.25, -0.2) is 13.1 Å². The molecule has 1 aromatic heterocycles. The molecule has 39 heavy (non-hydrogen) atoms. The van der Waals surface area contributed by atoms with Crippen molar-refractivity contribution in [3.63, 3.8) is 0 Å². The number of benzene rings is 2. The van der Waals surface area contributed by atoms with Crippen molar-refractivity contribution >= 4 is 32.7 Å². The number of nitrogens with zero attached hydrogens (tertiary/aromatic N) is 3. The van der Waals surface area contributed by atoms with Crippen LogP contribution < -0.4 is 21.1 Å². The van der Waals surface area contributed by atoms with Gasteiger partial charge in [-0.15, -0.1) is 0 Å². The summed E-state index contributed by atoms with van der Waals surface area (Å²) in [5.41, 5.74) is 6.71. The molecular formula is C29H43N7O2S. The van der Waals surface area contributed by atoms with Gasteiger partial charge in [0, 0.05) is 24.5 Å². The number of fused-ring (bicyclic) bond motifs is 1. The van der Waals surface area contributed by atoms with Gasteiger partial charge in [0.15, 0.2) is 5.82 Å². The highest BCUT2D eigenvalue weighted by molar-refractivity contribution is 7.89. The summed E-state index contributed by atoms with van der Waals surface area (Å²) in [7, 11) is -3.61. The predicted octanol–water partition coefficient (Wildman–Crippen LogP) is 5.23. The number of nitrogens with one attached hydrogen (secondary N) is 3. The maximum absolute atomic E-state index is 13.1. The van der Waals surface area contributed by atoms with E-state index in [0.717, 1.165) is 62.3 Å². The van der Waals surface area contributed by atoms with Gasteiger partial charge in [-0.1, -0.05) is 56.2 Å². The maximum Gasteiger partial charge on any atom is 0.241 e. The summed E-state index contributed by atoms with van der Waals surface area (Å²) in [6.07, 6.45) is 6.98. The van der Waals surface area contributed by atoms with E-state index in [4.69, 9.17) is 5.73 Å². The zero-order chi connectivity index (χ0) is 27.8. The van der Waals surface area contributed by atoms with Crippen LogP contribution in [0, 0.1) is 11.8 Å². The molecule has 0 amide bonds. The molecule has 2 aromatic carbocycles. The molecule has 0 bridgehead atoms. The highest BCUT2D eigenvalue weighted by atomic mass is 32.2. The number of hydrogen-bond donors (Lipinski definition) is 4. The Bertz CT molecular complexity index is 1320. The standard InChI is InChI=1S/C29H43N7O2S/c1-4-5-8-18-31-28-34-27(35-29(36-28)33-20(2)3)26(30)23-16-14-21(15-17-23)19-32-39(37,38)25-13-9-11-22-10-6-7-12-24(22)25/h6-7,9-13,20-21,23,26,32H,4-5,8,14-19,30H2,1-3H3,(H2,31,33,34,35,36). The van der Waals surface area contributed by atoms with E-state index in [1.54, 1.807) is 12.1 Å². The van der Waals surface area contributed by atoms with Crippen LogP contribution in [0.4, 0.5) is 11.9 Å². The Kier molecular flexibility index (Phi) is 10.1. The molecule has 0 spiro atoms. The van der Waals surface area contributed by atoms with Crippen molar-refractivity contribution in [3.8, 4) is 0 Å². The van der Waals surface area contributed by atoms with Crippen molar-refractivity contribution in [2.45, 2.75) is 82.7 Å². The molecule has 1 saturated carbocycles. The Morgan fingerprint density at radius 3 is 2.41 bits per heavy atom. The summed E-state index contributed by atoms with van der Waals surface area (Å²) in [6, 6.07) is 12.8. The van der Waals surface area contributed by atoms with Crippen molar-refractivity contribution in [3.05, 3.63) is 48.3 Å². The number of hydrogen-bond acceptors (Lipinski definition) is 8. The SMILES string of the molecule is CCCCCNc1nc(NC(C)C)nc(C(N)C2CCC(CNS(=O)(=O)c3cccc4ccccc34)CC2)n1. The molecule has 1 fully saturated rings. The first kappa shape index (κ1) is 29.2. The van der Waals surface area contributed by atoms with Crippen LogP contribution in [0.15, 0.2) is 47.4 Å². The molecule has 5 N–H and O–H groups in total. The Labute approximate surface area is 232 Å². The smallest absolute Gasteiger partial charge is 0.241 e. The quantitative estimate of drug-likeness (QED) is 0.211. The van der Waals surface area contributed by atoms with Crippen molar-refractivity contribution in [2.75, 3.05) is 23.7 Å². The Balaban J connectivity index is 1.36. The van der Waals surface area contributed by atoms with Gasteiger partial charge in [0.1, 0.15) is 0 Å². The lowest BCUT2D eigenvalue weighted by molar-refractivity contribution is 0.240. The number of aromatic nitrogens is 3. The second-order valence-corrected chi connectivity index (χ2v) is 12.6. The van der Waals surface area contributed by atoms with Crippen LogP contribution in [0.1, 0.15) is 77.6 Å². The first-order chi connectivity index (χ1) is 18.8. The fourth-order valence-electron chi connectivity index (χ4n) is 5.22. The van der Waals surface area contributed by atoms with E-state index >= 15 is 0 Å². The van der Waals surface area contributed by atoms with E-state index in [0.29, 0.717) is 29.2 Å². The molecule has 1 aliphatic rings. The zero-order valence-corrected chi connectivity index (χ0v) is 24.2. The van der Waals surface area contributed by atoms with Gasteiger partial charge in [0.05, 0.1) is 10.9 Å². The van der Waals surface area contributed by atoms with Crippen LogP contribution in [0.25, 0.3) is 10.8 Å². The molecule has 3 aromatic rings. The zero-order valence-electron chi connectivity index (χ0n) is 23.4. The van der Waals surface area contributed by atoms with E-state index in [-0.39, 0.29) is 23.9 Å². The molecule has 212 valence electrons. The average Bonchev–Trinajstić information content (AvgIpc) is 2.93. The molecule has 1 heterocycles. The molecular weight excluding hydrogens is 510 g/mol. The van der Waals surface area contributed by atoms with Crippen molar-refractivity contribution in [1.82, 2.24) is 19.7 Å². The molecule has 1 unspecified atom stereocenters. The third-order valence-electron chi connectivity index (χ3n) is 7.43. The number of anilines is 2. The maximum atomic E-state index is 13.1. The van der Waals surface area contributed by atoms with Crippen LogP contribution >= 0.6 is 0 Å². The third kappa shape index (κ3) is 7.86. The molecule has 0 aliphatic heterocycles. The first-order valence-electron chi connectivity index (χ1n) is 14.3. The minimum absolute atomic E-state index is 0.192. The molecule has 4 rings (SSSR count). The van der Waals surface area contributed by atoms with Gasteiger partial charge in [0.25, 0.3) is 0 Å². The second kappa shape index (κ2) is 13.5. The number of nitrogens with two attached hydrogens (primary N) is 1. The largest absolute Gasteiger partial charge is 0.354 e. The van der Waals surface area contributed by atoms with Crippen LogP contribution in [-0.4, -0.2) is 42.5 Å². The summed E-state index contributed by atoms with van der Waals surface area (Å²) < 4.78 is 29.1. The lowest BCUT2D eigenvalue weighted by atomic mass is 9.78. The topological polar surface area (TPSA) is 135 Å². The molecule has 1 aliphatic carbocycles. The minimum Gasteiger partial charge on any atom is -0.354 e. The van der Waals surface area contributed by atoms with E-state index in [9.17, 15) is 8.42 Å². The minimum atomic E-state index is -3.61. The highest BCUT2D eigenvalue weighted by Crippen LogP contribution is 2.35. The van der Waals surface area contributed by atoms with E-state index < -0.39 is 10.0 Å². The van der Waals surface area contributed by atoms with E-state index in [1.807, 2.05) is 44.2 Å². The molecule has 9 nitrogen and oxygen atoms in total. The van der Waals surface area contributed by atoms with Gasteiger partial charge < -0.3 is 16.4 Å². The normalized spacial score (nSPS) is 18.8. The third-order valence-corrected chi connectivity index (χ3v) is 8.91. The van der Waals surface area contributed by atoms with Crippen molar-refractivity contribution in [2.24, 2.45) is 17.6 Å². The summed E-state index contributed by atoms with van der Waals surface area (Å²) >= 11 is 0. The van der Waals surface area contributed by atoms with E-state index in [2.05, 4.69) is 37.2 Å². The average molecular weight is 554 g/mol. The van der Waals surface area contributed by atoms with Gasteiger partial charge >= 0.3 is 0 Å². The molecule has 10 heteroatoms. The van der Waals surface area contributed by atoms with Gasteiger partial charge in [-0.3, -0.25) is 0 Å². The lowest BCUT2D eigenvalue weighted by Gasteiger charge is -2.31. The summed E-state index contributed by atoms with van der Waals surface area (Å²) in [4.78, 5) is 14.2. The fourth-order valence-corrected chi connectivity index (χ4v) is 6.56. The molecule has 0 radical (unpaired) electrons. The Morgan fingerprint density at radius 1 is 0.949 bits per heavy atom. The van der Waals surface area contributed by atoms with Gasteiger partial charge in [0.2, 0.25) is 21.9 Å². The number of sulfonamides is 1. The van der Waals surface area contributed by atoms with Crippen LogP contribution in [-0.2, 0) is 10.0 Å². The van der Waals surface area contributed by atoms with Gasteiger partial charge in [-0.05, 0) is 69.2 Å². The number of unbranched alkanes of at least 4 members (excludes halogenated alkanes) is 2. The van der Waals surface area contributed by atoms with Crippen molar-refractivity contribution in [1.29, 1.82) is 0 Å². The monoisotopic (exact) mass is 553 g/mol. The summed E-state index contributed by atoms with van der Waals surface area (Å²) in [6.45, 7) is 7.52. The number of rotatable bonds is 13. The van der Waals surface area contributed by atoms with E-state index in [1.165, 1.54) is 0 Å². The van der Waals surface area contributed by atoms with Crippen LogP contribution in [0.5, 0.6) is 0 Å². The predicted molar refractivity (Wildman–Crippen MR) is 158 cm³/mol. The molecule has 1 atom stereocenters. The Morgan fingerprint density at radius 2 is 1.67 bits per heavy atom. The Hall–Kier alpha value is -2.82. The van der Waals surface area contributed by atoms with Crippen LogP contribution in [0.2, 0.25) is 0 Å². The van der Waals surface area contributed by atoms with Crippen LogP contribution in [0.3, 0.4) is 0 Å². The summed E-state index contributed by atoms with van der Waals surface area (Å²) in [5, 5.41) is 8.27. The molecule has 0 saturated heterocycles. The fraction of sp³-hybridized carbons (Fsp3) is 0.552. The second-order valence-electron chi connectivity index (χ2n) is 10.9. The van der Waals surface area contributed by atoms with Gasteiger partial charge in [-0.2, -0.15) is 15.0 Å².